The highest BCUT2D eigenvalue weighted by molar-refractivity contribution is 5.79. The number of hydrogen-bond acceptors (Lipinski definition) is 5. The van der Waals surface area contributed by atoms with Crippen molar-refractivity contribution in [2.45, 2.75) is 38.6 Å². The van der Waals surface area contributed by atoms with Gasteiger partial charge in [-0.15, -0.1) is 0 Å². The molecule has 0 unspecified atom stereocenters. The SMILES string of the molecule is COc1cccc(-c2cc3c(c(OC)c2)OCCN(C(=O)C2CCCCC2)C3)n1. The van der Waals surface area contributed by atoms with Crippen LogP contribution >= 0.6 is 0 Å². The first-order chi connectivity index (χ1) is 14.2. The van der Waals surface area contributed by atoms with Crippen LogP contribution in [0.1, 0.15) is 37.7 Å². The molecule has 2 aliphatic rings. The van der Waals surface area contributed by atoms with Crippen molar-refractivity contribution in [1.82, 2.24) is 9.88 Å². The molecule has 2 heterocycles. The number of nitrogens with zero attached hydrogens (tertiary/aromatic N) is 2. The maximum absolute atomic E-state index is 13.1. The van der Waals surface area contributed by atoms with Gasteiger partial charge in [-0.2, -0.15) is 0 Å². The minimum absolute atomic E-state index is 0.149. The molecule has 1 fully saturated rings. The molecule has 6 nitrogen and oxygen atoms in total. The van der Waals surface area contributed by atoms with Gasteiger partial charge in [0.05, 0.1) is 26.5 Å². The first-order valence-electron chi connectivity index (χ1n) is 10.3. The first kappa shape index (κ1) is 19.6. The summed E-state index contributed by atoms with van der Waals surface area (Å²) >= 11 is 0. The van der Waals surface area contributed by atoms with Gasteiger partial charge in [-0.25, -0.2) is 4.98 Å². The Hall–Kier alpha value is -2.76. The van der Waals surface area contributed by atoms with Crippen molar-refractivity contribution in [2.75, 3.05) is 27.4 Å². The standard InChI is InChI=1S/C23H28N2O4/c1-27-20-14-17(19-9-6-10-21(24-19)28-2)13-18-15-25(11-12-29-22(18)20)23(26)16-7-4-3-5-8-16/h6,9-10,13-14,16H,3-5,7-8,11-12,15H2,1-2H3. The zero-order chi connectivity index (χ0) is 20.2. The van der Waals surface area contributed by atoms with E-state index in [1.54, 1.807) is 14.2 Å². The summed E-state index contributed by atoms with van der Waals surface area (Å²) in [7, 11) is 3.24. The number of hydrogen-bond donors (Lipinski definition) is 0. The van der Waals surface area contributed by atoms with Crippen LogP contribution in [0.2, 0.25) is 0 Å². The van der Waals surface area contributed by atoms with Crippen molar-refractivity contribution >= 4 is 5.91 Å². The van der Waals surface area contributed by atoms with Gasteiger partial charge in [0.2, 0.25) is 11.8 Å². The van der Waals surface area contributed by atoms with Gasteiger partial charge in [-0.05, 0) is 31.0 Å². The molecule has 6 heteroatoms. The van der Waals surface area contributed by atoms with Gasteiger partial charge in [-0.1, -0.05) is 25.3 Å². The fraction of sp³-hybridized carbons (Fsp3) is 0.478. The number of methoxy groups -OCH3 is 2. The van der Waals surface area contributed by atoms with Crippen LogP contribution in [-0.2, 0) is 11.3 Å². The highest BCUT2D eigenvalue weighted by Gasteiger charge is 2.29. The van der Waals surface area contributed by atoms with Gasteiger partial charge in [-0.3, -0.25) is 4.79 Å². The van der Waals surface area contributed by atoms with Crippen molar-refractivity contribution in [3.63, 3.8) is 0 Å². The van der Waals surface area contributed by atoms with Crippen LogP contribution in [0.15, 0.2) is 30.3 Å². The van der Waals surface area contributed by atoms with Crippen molar-refractivity contribution in [3.05, 3.63) is 35.9 Å². The first-order valence-corrected chi connectivity index (χ1v) is 10.3. The van der Waals surface area contributed by atoms with Crippen molar-refractivity contribution in [1.29, 1.82) is 0 Å². The minimum atomic E-state index is 0.149. The van der Waals surface area contributed by atoms with Crippen molar-refractivity contribution in [3.8, 4) is 28.6 Å². The largest absolute Gasteiger partial charge is 0.493 e. The van der Waals surface area contributed by atoms with Crippen LogP contribution in [0.3, 0.4) is 0 Å². The number of carbonyl (C=O) groups excluding carboxylic acids is 1. The van der Waals surface area contributed by atoms with Crippen LogP contribution in [-0.4, -0.2) is 43.2 Å². The number of pyridine rings is 1. The van der Waals surface area contributed by atoms with E-state index >= 15 is 0 Å². The quantitative estimate of drug-likeness (QED) is 0.780. The van der Waals surface area contributed by atoms with E-state index < -0.39 is 0 Å². The van der Waals surface area contributed by atoms with Gasteiger partial charge in [0.15, 0.2) is 11.5 Å². The van der Waals surface area contributed by atoms with E-state index in [0.29, 0.717) is 31.3 Å². The van der Waals surface area contributed by atoms with E-state index in [1.807, 2.05) is 35.2 Å². The van der Waals surface area contributed by atoms with Crippen molar-refractivity contribution < 1.29 is 19.0 Å². The summed E-state index contributed by atoms with van der Waals surface area (Å²) < 4.78 is 16.9. The molecule has 1 aromatic heterocycles. The zero-order valence-electron chi connectivity index (χ0n) is 17.1. The number of rotatable bonds is 4. The molecule has 1 amide bonds. The van der Waals surface area contributed by atoms with Gasteiger partial charge < -0.3 is 19.1 Å². The Morgan fingerprint density at radius 3 is 2.72 bits per heavy atom. The molecule has 1 aliphatic heterocycles. The van der Waals surface area contributed by atoms with Gasteiger partial charge in [0, 0.05) is 29.7 Å². The highest BCUT2D eigenvalue weighted by atomic mass is 16.5. The fourth-order valence-electron chi connectivity index (χ4n) is 4.27. The van der Waals surface area contributed by atoms with E-state index in [-0.39, 0.29) is 11.8 Å². The lowest BCUT2D eigenvalue weighted by molar-refractivity contribution is -0.137. The second kappa shape index (κ2) is 8.72. The molecule has 154 valence electrons. The molecule has 1 aromatic carbocycles. The normalized spacial score (nSPS) is 17.1. The van der Waals surface area contributed by atoms with Crippen molar-refractivity contribution in [2.24, 2.45) is 5.92 Å². The summed E-state index contributed by atoms with van der Waals surface area (Å²) in [6, 6.07) is 9.64. The lowest BCUT2D eigenvalue weighted by atomic mass is 9.88. The third kappa shape index (κ3) is 4.16. The van der Waals surface area contributed by atoms with Crippen LogP contribution in [0.4, 0.5) is 0 Å². The molecule has 2 aromatic rings. The van der Waals surface area contributed by atoms with Crippen LogP contribution in [0.5, 0.6) is 17.4 Å². The summed E-state index contributed by atoms with van der Waals surface area (Å²) in [5.41, 5.74) is 2.65. The molecule has 0 atom stereocenters. The summed E-state index contributed by atoms with van der Waals surface area (Å²) in [5.74, 6) is 2.34. The Labute approximate surface area is 171 Å². The smallest absolute Gasteiger partial charge is 0.226 e. The lowest BCUT2D eigenvalue weighted by Crippen LogP contribution is -2.37. The molecule has 1 aliphatic carbocycles. The minimum Gasteiger partial charge on any atom is -0.493 e. The average Bonchev–Trinajstić information content (AvgIpc) is 3.01. The summed E-state index contributed by atoms with van der Waals surface area (Å²) in [6.45, 7) is 1.59. The number of ether oxygens (including phenoxy) is 3. The molecule has 4 rings (SSSR count). The Morgan fingerprint density at radius 2 is 1.97 bits per heavy atom. The lowest BCUT2D eigenvalue weighted by Gasteiger charge is -2.28. The summed E-state index contributed by atoms with van der Waals surface area (Å²) in [4.78, 5) is 19.6. The Morgan fingerprint density at radius 1 is 1.14 bits per heavy atom. The molecular formula is C23H28N2O4. The van der Waals surface area contributed by atoms with E-state index in [1.165, 1.54) is 6.42 Å². The van der Waals surface area contributed by atoms with E-state index in [2.05, 4.69) is 4.98 Å². The van der Waals surface area contributed by atoms with E-state index in [4.69, 9.17) is 14.2 Å². The molecule has 0 bridgehead atoms. The van der Waals surface area contributed by atoms with Crippen LogP contribution in [0, 0.1) is 5.92 Å². The van der Waals surface area contributed by atoms with Gasteiger partial charge >= 0.3 is 0 Å². The predicted molar refractivity (Wildman–Crippen MR) is 110 cm³/mol. The summed E-state index contributed by atoms with van der Waals surface area (Å²) in [5, 5.41) is 0. The van der Waals surface area contributed by atoms with E-state index in [9.17, 15) is 4.79 Å². The van der Waals surface area contributed by atoms with E-state index in [0.717, 1.165) is 48.3 Å². The third-order valence-corrected chi connectivity index (χ3v) is 5.82. The van der Waals surface area contributed by atoms with Crippen LogP contribution in [0.25, 0.3) is 11.3 Å². The molecule has 0 radical (unpaired) electrons. The van der Waals surface area contributed by atoms with Gasteiger partial charge in [0.1, 0.15) is 6.61 Å². The number of benzene rings is 1. The average molecular weight is 396 g/mol. The second-order valence-electron chi connectivity index (χ2n) is 7.68. The number of aromatic nitrogens is 1. The van der Waals surface area contributed by atoms with Gasteiger partial charge in [0.25, 0.3) is 0 Å². The number of carbonyl (C=O) groups is 1. The Bertz CT molecular complexity index is 877. The van der Waals surface area contributed by atoms with Crippen LogP contribution < -0.4 is 14.2 Å². The Kier molecular flexibility index (Phi) is 5.88. The maximum Gasteiger partial charge on any atom is 0.226 e. The topological polar surface area (TPSA) is 60.9 Å². The molecular weight excluding hydrogens is 368 g/mol. The summed E-state index contributed by atoms with van der Waals surface area (Å²) in [6.07, 6.45) is 5.54. The molecule has 0 N–H and O–H groups in total. The monoisotopic (exact) mass is 396 g/mol. The highest BCUT2D eigenvalue weighted by Crippen LogP contribution is 2.38. The third-order valence-electron chi connectivity index (χ3n) is 5.82. The molecule has 29 heavy (non-hydrogen) atoms. The molecule has 0 saturated heterocycles. The Balaban J connectivity index is 1.66. The number of amides is 1. The molecule has 0 spiro atoms. The zero-order valence-corrected chi connectivity index (χ0v) is 17.1. The second-order valence-corrected chi connectivity index (χ2v) is 7.68. The fourth-order valence-corrected chi connectivity index (χ4v) is 4.27. The maximum atomic E-state index is 13.1. The predicted octanol–water partition coefficient (Wildman–Crippen LogP) is 4.07. The number of fused-ring (bicyclic) bond motifs is 1. The molecule has 1 saturated carbocycles.